The van der Waals surface area contributed by atoms with Gasteiger partial charge in [0.05, 0.1) is 13.2 Å². The second kappa shape index (κ2) is 5.67. The highest BCUT2D eigenvalue weighted by Gasteiger charge is 2.09. The number of aromatic nitrogens is 2. The van der Waals surface area contributed by atoms with Gasteiger partial charge in [-0.3, -0.25) is 0 Å². The van der Waals surface area contributed by atoms with Crippen LogP contribution in [0.15, 0.2) is 4.42 Å². The topological polar surface area (TPSA) is 74.4 Å². The maximum absolute atomic E-state index is 8.74. The predicted octanol–water partition coefficient (Wildman–Crippen LogP) is -0.00390. The molecule has 0 saturated heterocycles. The van der Waals surface area contributed by atoms with Crippen molar-refractivity contribution >= 4 is 6.01 Å². The summed E-state index contributed by atoms with van der Waals surface area (Å²) in [5.74, 6) is 0.559. The van der Waals surface area contributed by atoms with E-state index in [9.17, 15) is 0 Å². The zero-order valence-electron chi connectivity index (χ0n) is 9.40. The summed E-state index contributed by atoms with van der Waals surface area (Å²) in [6.45, 7) is 5.22. The molecule has 0 aliphatic heterocycles. The zero-order valence-corrected chi connectivity index (χ0v) is 9.40. The van der Waals surface area contributed by atoms with Crippen LogP contribution in [-0.4, -0.2) is 41.5 Å². The molecule has 0 saturated carbocycles. The van der Waals surface area contributed by atoms with Crippen LogP contribution in [0.1, 0.15) is 19.7 Å². The molecule has 15 heavy (non-hydrogen) atoms. The molecule has 0 aliphatic carbocycles. The average Bonchev–Trinajstić information content (AvgIpc) is 2.63. The Hall–Kier alpha value is -1.14. The Kier molecular flexibility index (Phi) is 4.51. The lowest BCUT2D eigenvalue weighted by molar-refractivity contribution is 0.301. The Labute approximate surface area is 89.3 Å². The Morgan fingerprint density at radius 2 is 2.20 bits per heavy atom. The Balaban J connectivity index is 2.48. The van der Waals surface area contributed by atoms with Gasteiger partial charge >= 0.3 is 6.01 Å². The number of aliphatic hydroxyl groups excluding tert-OH is 1. The van der Waals surface area contributed by atoms with E-state index in [1.165, 1.54) is 0 Å². The van der Waals surface area contributed by atoms with Gasteiger partial charge in [0.15, 0.2) is 0 Å². The van der Waals surface area contributed by atoms with Crippen LogP contribution in [0.3, 0.4) is 0 Å². The number of rotatable bonds is 6. The van der Waals surface area contributed by atoms with E-state index in [0.29, 0.717) is 31.0 Å². The van der Waals surface area contributed by atoms with E-state index in [1.54, 1.807) is 11.9 Å². The molecule has 2 N–H and O–H groups in total. The van der Waals surface area contributed by atoms with E-state index >= 15 is 0 Å². The van der Waals surface area contributed by atoms with Gasteiger partial charge in [-0.15, -0.1) is 5.10 Å². The molecular formula is C9H18N4O2. The molecule has 1 aromatic rings. The molecule has 0 bridgehead atoms. The van der Waals surface area contributed by atoms with Crippen LogP contribution >= 0.6 is 0 Å². The molecule has 1 aromatic heterocycles. The van der Waals surface area contributed by atoms with Gasteiger partial charge in [0.25, 0.3) is 0 Å². The standard InChI is InChI=1S/C9H18N4O2/c1-7(2)10-6-8-11-12-9(15-8)13(3)4-5-14/h7,10,14H,4-6H2,1-3H3. The van der Waals surface area contributed by atoms with Crippen LogP contribution < -0.4 is 10.2 Å². The summed E-state index contributed by atoms with van der Waals surface area (Å²) in [7, 11) is 1.80. The molecule has 1 heterocycles. The summed E-state index contributed by atoms with van der Waals surface area (Å²) in [4.78, 5) is 1.71. The summed E-state index contributed by atoms with van der Waals surface area (Å²) in [5, 5.41) is 19.7. The van der Waals surface area contributed by atoms with Gasteiger partial charge in [-0.25, -0.2) is 0 Å². The normalized spacial score (nSPS) is 11.0. The zero-order chi connectivity index (χ0) is 11.3. The Bertz CT molecular complexity index is 287. The predicted molar refractivity (Wildman–Crippen MR) is 56.6 cm³/mol. The van der Waals surface area contributed by atoms with Crippen molar-refractivity contribution in [2.45, 2.75) is 26.4 Å². The second-order valence-electron chi connectivity index (χ2n) is 3.66. The van der Waals surface area contributed by atoms with Crippen LogP contribution in [0, 0.1) is 0 Å². The molecule has 86 valence electrons. The largest absolute Gasteiger partial charge is 0.407 e. The molecule has 0 atom stereocenters. The van der Waals surface area contributed by atoms with Gasteiger partial charge in [-0.05, 0) is 0 Å². The monoisotopic (exact) mass is 214 g/mol. The lowest BCUT2D eigenvalue weighted by atomic mass is 10.4. The van der Waals surface area contributed by atoms with Crippen LogP contribution in [0.4, 0.5) is 6.01 Å². The van der Waals surface area contributed by atoms with Crippen LogP contribution in [0.5, 0.6) is 0 Å². The number of hydrogen-bond donors (Lipinski definition) is 2. The maximum Gasteiger partial charge on any atom is 0.318 e. The summed E-state index contributed by atoms with van der Waals surface area (Å²) >= 11 is 0. The third kappa shape index (κ3) is 3.85. The molecule has 0 spiro atoms. The third-order valence-electron chi connectivity index (χ3n) is 1.88. The summed E-state index contributed by atoms with van der Waals surface area (Å²) < 4.78 is 5.38. The fourth-order valence-electron chi connectivity index (χ4n) is 1.01. The molecular weight excluding hydrogens is 196 g/mol. The quantitative estimate of drug-likeness (QED) is 0.694. The molecule has 0 aromatic carbocycles. The minimum Gasteiger partial charge on any atom is -0.407 e. The molecule has 0 radical (unpaired) electrons. The third-order valence-corrected chi connectivity index (χ3v) is 1.88. The lowest BCUT2D eigenvalue weighted by Crippen LogP contribution is -2.22. The maximum atomic E-state index is 8.74. The van der Waals surface area contributed by atoms with Crippen molar-refractivity contribution in [3.63, 3.8) is 0 Å². The molecule has 0 aliphatic rings. The van der Waals surface area contributed by atoms with Crippen molar-refractivity contribution in [1.82, 2.24) is 15.5 Å². The summed E-state index contributed by atoms with van der Waals surface area (Å²) in [5.41, 5.74) is 0. The average molecular weight is 214 g/mol. The number of nitrogens with zero attached hydrogens (tertiary/aromatic N) is 3. The lowest BCUT2D eigenvalue weighted by Gasteiger charge is -2.10. The first-order chi connectivity index (χ1) is 7.13. The molecule has 6 heteroatoms. The first-order valence-corrected chi connectivity index (χ1v) is 5.01. The Morgan fingerprint density at radius 3 is 2.80 bits per heavy atom. The number of likely N-dealkylation sites (N-methyl/N-ethyl adjacent to an activating group) is 1. The van der Waals surface area contributed by atoms with E-state index in [4.69, 9.17) is 9.52 Å². The molecule has 0 fully saturated rings. The van der Waals surface area contributed by atoms with Crippen molar-refractivity contribution < 1.29 is 9.52 Å². The van der Waals surface area contributed by atoms with Gasteiger partial charge in [0, 0.05) is 19.6 Å². The van der Waals surface area contributed by atoms with Gasteiger partial charge in [-0.1, -0.05) is 18.9 Å². The minimum absolute atomic E-state index is 0.0679. The molecule has 1 rings (SSSR count). The van der Waals surface area contributed by atoms with E-state index in [2.05, 4.69) is 29.4 Å². The van der Waals surface area contributed by atoms with Gasteiger partial charge in [-0.2, -0.15) is 0 Å². The van der Waals surface area contributed by atoms with Crippen LogP contribution in [0.25, 0.3) is 0 Å². The number of hydrogen-bond acceptors (Lipinski definition) is 6. The molecule has 0 unspecified atom stereocenters. The minimum atomic E-state index is 0.0679. The Morgan fingerprint density at radius 1 is 1.47 bits per heavy atom. The van der Waals surface area contributed by atoms with E-state index in [-0.39, 0.29) is 6.61 Å². The van der Waals surface area contributed by atoms with E-state index in [1.807, 2.05) is 0 Å². The van der Waals surface area contributed by atoms with Crippen molar-refractivity contribution in [3.8, 4) is 0 Å². The van der Waals surface area contributed by atoms with Gasteiger partial charge < -0.3 is 19.7 Å². The summed E-state index contributed by atoms with van der Waals surface area (Å²) in [6, 6.07) is 0.820. The fraction of sp³-hybridized carbons (Fsp3) is 0.778. The van der Waals surface area contributed by atoms with Crippen molar-refractivity contribution in [2.75, 3.05) is 25.1 Å². The number of nitrogens with one attached hydrogen (secondary N) is 1. The highest BCUT2D eigenvalue weighted by Crippen LogP contribution is 2.09. The second-order valence-corrected chi connectivity index (χ2v) is 3.66. The SMILES string of the molecule is CC(C)NCc1nnc(N(C)CCO)o1. The molecule has 0 amide bonds. The smallest absolute Gasteiger partial charge is 0.318 e. The summed E-state index contributed by atoms with van der Waals surface area (Å²) in [6.07, 6.45) is 0. The van der Waals surface area contributed by atoms with Gasteiger partial charge in [0.2, 0.25) is 5.89 Å². The molecule has 6 nitrogen and oxygen atoms in total. The van der Waals surface area contributed by atoms with Crippen molar-refractivity contribution in [1.29, 1.82) is 0 Å². The van der Waals surface area contributed by atoms with Crippen molar-refractivity contribution in [3.05, 3.63) is 5.89 Å². The number of aliphatic hydroxyl groups is 1. The highest BCUT2D eigenvalue weighted by atomic mass is 16.4. The van der Waals surface area contributed by atoms with Crippen molar-refractivity contribution in [2.24, 2.45) is 0 Å². The fourth-order valence-corrected chi connectivity index (χ4v) is 1.01. The van der Waals surface area contributed by atoms with Gasteiger partial charge in [0.1, 0.15) is 0 Å². The van der Waals surface area contributed by atoms with Crippen LogP contribution in [-0.2, 0) is 6.54 Å². The number of anilines is 1. The van der Waals surface area contributed by atoms with E-state index < -0.39 is 0 Å². The first-order valence-electron chi connectivity index (χ1n) is 5.01. The van der Waals surface area contributed by atoms with E-state index in [0.717, 1.165) is 0 Å². The first kappa shape index (κ1) is 11.9. The highest BCUT2D eigenvalue weighted by molar-refractivity contribution is 5.21. The van der Waals surface area contributed by atoms with Crippen LogP contribution in [0.2, 0.25) is 0 Å².